The van der Waals surface area contributed by atoms with Crippen LogP contribution in [0.15, 0.2) is 45.8 Å². The van der Waals surface area contributed by atoms with Crippen LogP contribution in [-0.2, 0) is 16.6 Å². The van der Waals surface area contributed by atoms with Gasteiger partial charge in [0, 0.05) is 5.56 Å². The molecule has 1 heterocycles. The first-order chi connectivity index (χ1) is 13.9. The fourth-order valence-electron chi connectivity index (χ4n) is 2.51. The monoisotopic (exact) mass is 423 g/mol. The molecular weight excluding hydrogens is 405 g/mol. The topological polar surface area (TPSA) is 113 Å². The third-order valence-corrected chi connectivity index (χ3v) is 5.35. The molecule has 0 aliphatic heterocycles. The SMILES string of the molecule is COc1cc(-c2noc(CNS(=O)(=O)c3ccc(F)cc3)n2)cc(OC)c1OC. The van der Waals surface area contributed by atoms with Crippen LogP contribution in [0.1, 0.15) is 5.89 Å². The van der Waals surface area contributed by atoms with Gasteiger partial charge in [-0.3, -0.25) is 0 Å². The van der Waals surface area contributed by atoms with Crippen LogP contribution in [0, 0.1) is 5.82 Å². The maximum atomic E-state index is 13.0. The van der Waals surface area contributed by atoms with Gasteiger partial charge in [0.25, 0.3) is 0 Å². The van der Waals surface area contributed by atoms with E-state index in [1.807, 2.05) is 0 Å². The normalized spacial score (nSPS) is 11.3. The molecule has 29 heavy (non-hydrogen) atoms. The molecule has 0 radical (unpaired) electrons. The van der Waals surface area contributed by atoms with Gasteiger partial charge in [0.1, 0.15) is 5.82 Å². The molecular formula is C18H18FN3O6S. The smallest absolute Gasteiger partial charge is 0.242 e. The minimum Gasteiger partial charge on any atom is -0.493 e. The van der Waals surface area contributed by atoms with E-state index in [9.17, 15) is 12.8 Å². The minimum absolute atomic E-state index is 0.0411. The fourth-order valence-corrected chi connectivity index (χ4v) is 3.48. The van der Waals surface area contributed by atoms with E-state index in [-0.39, 0.29) is 23.2 Å². The molecule has 11 heteroatoms. The van der Waals surface area contributed by atoms with Crippen LogP contribution < -0.4 is 18.9 Å². The highest BCUT2D eigenvalue weighted by molar-refractivity contribution is 7.89. The second kappa shape index (κ2) is 8.45. The van der Waals surface area contributed by atoms with Crippen molar-refractivity contribution in [2.75, 3.05) is 21.3 Å². The van der Waals surface area contributed by atoms with Crippen molar-refractivity contribution in [2.45, 2.75) is 11.4 Å². The molecule has 1 aromatic heterocycles. The van der Waals surface area contributed by atoms with E-state index in [1.54, 1.807) is 12.1 Å². The van der Waals surface area contributed by atoms with Crippen molar-refractivity contribution in [3.8, 4) is 28.6 Å². The van der Waals surface area contributed by atoms with Crippen LogP contribution in [0.3, 0.4) is 0 Å². The molecule has 0 amide bonds. The van der Waals surface area contributed by atoms with E-state index in [0.29, 0.717) is 22.8 Å². The van der Waals surface area contributed by atoms with Gasteiger partial charge in [-0.1, -0.05) is 5.16 Å². The highest BCUT2D eigenvalue weighted by Crippen LogP contribution is 2.40. The quantitative estimate of drug-likeness (QED) is 0.588. The number of hydrogen-bond acceptors (Lipinski definition) is 8. The molecule has 9 nitrogen and oxygen atoms in total. The Balaban J connectivity index is 1.80. The number of methoxy groups -OCH3 is 3. The van der Waals surface area contributed by atoms with Gasteiger partial charge < -0.3 is 18.7 Å². The van der Waals surface area contributed by atoms with Crippen LogP contribution in [0.2, 0.25) is 0 Å². The van der Waals surface area contributed by atoms with E-state index in [0.717, 1.165) is 24.3 Å². The maximum absolute atomic E-state index is 13.0. The van der Waals surface area contributed by atoms with Gasteiger partial charge in [-0.15, -0.1) is 0 Å². The van der Waals surface area contributed by atoms with Crippen molar-refractivity contribution >= 4 is 10.0 Å². The summed E-state index contributed by atoms with van der Waals surface area (Å²) >= 11 is 0. The van der Waals surface area contributed by atoms with Crippen molar-refractivity contribution in [3.63, 3.8) is 0 Å². The predicted octanol–water partition coefficient (Wildman–Crippen LogP) is 2.38. The lowest BCUT2D eigenvalue weighted by Gasteiger charge is -2.12. The zero-order valence-electron chi connectivity index (χ0n) is 15.8. The molecule has 0 aliphatic rings. The van der Waals surface area contributed by atoms with Crippen molar-refractivity contribution in [2.24, 2.45) is 0 Å². The Hall–Kier alpha value is -3.18. The molecule has 3 rings (SSSR count). The molecule has 3 aromatic rings. The third kappa shape index (κ3) is 4.46. The predicted molar refractivity (Wildman–Crippen MR) is 99.8 cm³/mol. The van der Waals surface area contributed by atoms with Gasteiger partial charge in [0.2, 0.25) is 27.5 Å². The summed E-state index contributed by atoms with van der Waals surface area (Å²) in [7, 11) is 0.582. The maximum Gasteiger partial charge on any atom is 0.242 e. The summed E-state index contributed by atoms with van der Waals surface area (Å²) < 4.78 is 60.8. The number of benzene rings is 2. The Morgan fingerprint density at radius 1 is 1.03 bits per heavy atom. The highest BCUT2D eigenvalue weighted by atomic mass is 32.2. The Morgan fingerprint density at radius 3 is 2.21 bits per heavy atom. The van der Waals surface area contributed by atoms with Gasteiger partial charge in [-0.2, -0.15) is 4.98 Å². The molecule has 0 saturated carbocycles. The average Bonchev–Trinajstić information content (AvgIpc) is 3.20. The molecule has 0 saturated heterocycles. The highest BCUT2D eigenvalue weighted by Gasteiger charge is 2.19. The molecule has 0 fully saturated rings. The van der Waals surface area contributed by atoms with Crippen molar-refractivity contribution < 1.29 is 31.5 Å². The van der Waals surface area contributed by atoms with Crippen molar-refractivity contribution in [3.05, 3.63) is 48.1 Å². The Kier molecular flexibility index (Phi) is 5.99. The largest absolute Gasteiger partial charge is 0.493 e. The zero-order chi connectivity index (χ0) is 21.0. The second-order valence-corrected chi connectivity index (χ2v) is 7.47. The van der Waals surface area contributed by atoms with E-state index in [4.69, 9.17) is 18.7 Å². The number of sulfonamides is 1. The Bertz CT molecular complexity index is 1070. The number of rotatable bonds is 8. The number of nitrogens with one attached hydrogen (secondary N) is 1. The summed E-state index contributed by atoms with van der Waals surface area (Å²) in [6.07, 6.45) is 0. The lowest BCUT2D eigenvalue weighted by atomic mass is 10.1. The van der Waals surface area contributed by atoms with Gasteiger partial charge >= 0.3 is 0 Å². The third-order valence-electron chi connectivity index (χ3n) is 3.93. The zero-order valence-corrected chi connectivity index (χ0v) is 16.6. The molecule has 0 bridgehead atoms. The van der Waals surface area contributed by atoms with E-state index in [1.165, 1.54) is 21.3 Å². The first-order valence-corrected chi connectivity index (χ1v) is 9.74. The Morgan fingerprint density at radius 2 is 1.66 bits per heavy atom. The first-order valence-electron chi connectivity index (χ1n) is 8.26. The average molecular weight is 423 g/mol. The van der Waals surface area contributed by atoms with Crippen LogP contribution in [0.25, 0.3) is 11.4 Å². The van der Waals surface area contributed by atoms with E-state index >= 15 is 0 Å². The molecule has 0 unspecified atom stereocenters. The molecule has 1 N–H and O–H groups in total. The summed E-state index contributed by atoms with van der Waals surface area (Å²) in [5, 5.41) is 3.86. The number of halogens is 1. The minimum atomic E-state index is -3.86. The summed E-state index contributed by atoms with van der Waals surface area (Å²) in [5.41, 5.74) is 0.524. The first kappa shape index (κ1) is 20.6. The summed E-state index contributed by atoms with van der Waals surface area (Å²) in [5.74, 6) is 0.945. The van der Waals surface area contributed by atoms with E-state index < -0.39 is 15.8 Å². The number of hydrogen-bond donors (Lipinski definition) is 1. The lowest BCUT2D eigenvalue weighted by Crippen LogP contribution is -2.23. The molecule has 0 atom stereocenters. The van der Waals surface area contributed by atoms with Gasteiger partial charge in [-0.25, -0.2) is 17.5 Å². The molecule has 0 aliphatic carbocycles. The summed E-state index contributed by atoms with van der Waals surface area (Å²) in [6, 6.07) is 7.71. The van der Waals surface area contributed by atoms with Crippen LogP contribution in [0.5, 0.6) is 17.2 Å². The lowest BCUT2D eigenvalue weighted by molar-refractivity contribution is 0.324. The standard InChI is InChI=1S/C18H18FN3O6S/c1-25-14-8-11(9-15(26-2)17(14)27-3)18-21-16(28-22-18)10-20-29(23,24)13-6-4-12(19)5-7-13/h4-9,20H,10H2,1-3H3. The Labute approximate surface area is 166 Å². The number of aromatic nitrogens is 2. The van der Waals surface area contributed by atoms with Gasteiger partial charge in [0.05, 0.1) is 32.8 Å². The molecule has 2 aromatic carbocycles. The number of nitrogens with zero attached hydrogens (tertiary/aromatic N) is 2. The van der Waals surface area contributed by atoms with Crippen molar-refractivity contribution in [1.82, 2.24) is 14.9 Å². The summed E-state index contributed by atoms with van der Waals surface area (Å²) in [6.45, 7) is -0.239. The molecule has 154 valence electrons. The second-order valence-electron chi connectivity index (χ2n) is 5.70. The fraction of sp³-hybridized carbons (Fsp3) is 0.222. The van der Waals surface area contributed by atoms with Crippen LogP contribution in [0.4, 0.5) is 4.39 Å². The van der Waals surface area contributed by atoms with Crippen molar-refractivity contribution in [1.29, 1.82) is 0 Å². The van der Waals surface area contributed by atoms with Gasteiger partial charge in [-0.05, 0) is 36.4 Å². The summed E-state index contributed by atoms with van der Waals surface area (Å²) in [4.78, 5) is 4.10. The number of ether oxygens (including phenoxy) is 3. The van der Waals surface area contributed by atoms with Gasteiger partial charge in [0.15, 0.2) is 11.5 Å². The van der Waals surface area contributed by atoms with E-state index in [2.05, 4.69) is 14.9 Å². The van der Waals surface area contributed by atoms with Crippen LogP contribution in [-0.4, -0.2) is 39.9 Å². The molecule has 0 spiro atoms. The van der Waals surface area contributed by atoms with Crippen LogP contribution >= 0.6 is 0 Å².